The number of H-pyrrole nitrogens is 1. The molecule has 0 unspecified atom stereocenters. The minimum Gasteiger partial charge on any atom is -0.487 e. The summed E-state index contributed by atoms with van der Waals surface area (Å²) >= 11 is 0. The smallest absolute Gasteiger partial charge is 0.142 e. The third-order valence-corrected chi connectivity index (χ3v) is 2.95. The Bertz CT molecular complexity index is 705. The van der Waals surface area contributed by atoms with Gasteiger partial charge >= 0.3 is 0 Å². The number of aromatic nitrogens is 2. The number of fused-ring (bicyclic) bond motifs is 1. The third kappa shape index (κ3) is 2.52. The molecule has 102 valence electrons. The van der Waals surface area contributed by atoms with Crippen LogP contribution in [0.5, 0.6) is 5.75 Å². The number of imidazole rings is 1. The number of benzene rings is 2. The highest BCUT2D eigenvalue weighted by Crippen LogP contribution is 2.31. The van der Waals surface area contributed by atoms with Crippen molar-refractivity contribution in [3.63, 3.8) is 0 Å². The molecule has 0 aliphatic carbocycles. The number of hydrogen-bond donors (Lipinski definition) is 1. The first kappa shape index (κ1) is 12.7. The number of para-hydroxylation sites is 3. The Kier molecular flexibility index (Phi) is 2.97. The lowest BCUT2D eigenvalue weighted by Gasteiger charge is -2.22. The molecule has 20 heavy (non-hydrogen) atoms. The number of rotatable bonds is 2. The molecule has 0 bridgehead atoms. The van der Waals surface area contributed by atoms with Crippen LogP contribution in [-0.2, 0) is 0 Å². The van der Waals surface area contributed by atoms with E-state index in [1.165, 1.54) is 0 Å². The highest BCUT2D eigenvalue weighted by atomic mass is 16.5. The summed E-state index contributed by atoms with van der Waals surface area (Å²) in [5.74, 6) is 1.69. The molecule has 0 fully saturated rings. The quantitative estimate of drug-likeness (QED) is 0.746. The fourth-order valence-electron chi connectivity index (χ4n) is 2.16. The topological polar surface area (TPSA) is 37.9 Å². The van der Waals surface area contributed by atoms with Crippen molar-refractivity contribution in [1.82, 2.24) is 9.97 Å². The van der Waals surface area contributed by atoms with E-state index in [1.807, 2.05) is 69.3 Å². The summed E-state index contributed by atoms with van der Waals surface area (Å²) in [7, 11) is 0. The molecular weight excluding hydrogens is 248 g/mol. The van der Waals surface area contributed by atoms with Gasteiger partial charge in [0, 0.05) is 0 Å². The number of nitrogens with zero attached hydrogens (tertiary/aromatic N) is 1. The highest BCUT2D eigenvalue weighted by molar-refractivity contribution is 5.80. The van der Waals surface area contributed by atoms with Crippen LogP contribution in [0.15, 0.2) is 48.5 Å². The lowest BCUT2D eigenvalue weighted by Crippen LogP contribution is -2.23. The number of ether oxygens (including phenoxy) is 1. The van der Waals surface area contributed by atoms with Crippen LogP contribution < -0.4 is 4.74 Å². The molecule has 0 atom stereocenters. The zero-order chi connectivity index (χ0) is 14.2. The second kappa shape index (κ2) is 4.67. The summed E-state index contributed by atoms with van der Waals surface area (Å²) in [6, 6.07) is 16.0. The van der Waals surface area contributed by atoms with E-state index >= 15 is 0 Å². The summed E-state index contributed by atoms with van der Waals surface area (Å²) < 4.78 is 6.02. The summed E-state index contributed by atoms with van der Waals surface area (Å²) in [6.07, 6.45) is 0. The largest absolute Gasteiger partial charge is 0.487 e. The van der Waals surface area contributed by atoms with Gasteiger partial charge in [-0.25, -0.2) is 4.98 Å². The fourth-order valence-corrected chi connectivity index (χ4v) is 2.16. The van der Waals surface area contributed by atoms with E-state index in [4.69, 9.17) is 4.74 Å². The zero-order valence-electron chi connectivity index (χ0n) is 12.0. The van der Waals surface area contributed by atoms with Gasteiger partial charge in [0.05, 0.1) is 16.6 Å². The van der Waals surface area contributed by atoms with Crippen LogP contribution in [0, 0.1) is 0 Å². The van der Waals surface area contributed by atoms with E-state index in [0.717, 1.165) is 28.2 Å². The van der Waals surface area contributed by atoms with Crippen LogP contribution in [0.3, 0.4) is 0 Å². The van der Waals surface area contributed by atoms with Crippen molar-refractivity contribution in [1.29, 1.82) is 0 Å². The minimum absolute atomic E-state index is 0.234. The average Bonchev–Trinajstić information content (AvgIpc) is 2.81. The predicted octanol–water partition coefficient (Wildman–Crippen LogP) is 4.41. The molecule has 0 spiro atoms. The Morgan fingerprint density at radius 2 is 1.65 bits per heavy atom. The van der Waals surface area contributed by atoms with E-state index in [2.05, 4.69) is 9.97 Å². The van der Waals surface area contributed by atoms with Gasteiger partial charge in [0.15, 0.2) is 0 Å². The van der Waals surface area contributed by atoms with Gasteiger partial charge in [-0.1, -0.05) is 24.3 Å². The molecule has 1 heterocycles. The van der Waals surface area contributed by atoms with E-state index in [0.29, 0.717) is 0 Å². The molecule has 3 nitrogen and oxygen atoms in total. The lowest BCUT2D eigenvalue weighted by atomic mass is 10.1. The molecule has 1 aromatic heterocycles. The predicted molar refractivity (Wildman–Crippen MR) is 81.9 cm³/mol. The molecule has 0 aliphatic heterocycles. The minimum atomic E-state index is -0.234. The number of hydrogen-bond acceptors (Lipinski definition) is 2. The Labute approximate surface area is 118 Å². The first-order valence-electron chi connectivity index (χ1n) is 6.76. The molecule has 0 saturated carbocycles. The maximum Gasteiger partial charge on any atom is 0.142 e. The third-order valence-electron chi connectivity index (χ3n) is 2.95. The monoisotopic (exact) mass is 266 g/mol. The van der Waals surface area contributed by atoms with Gasteiger partial charge in [0.1, 0.15) is 17.2 Å². The summed E-state index contributed by atoms with van der Waals surface area (Å²) in [5, 5.41) is 0. The fraction of sp³-hybridized carbons (Fsp3) is 0.235. The summed E-state index contributed by atoms with van der Waals surface area (Å²) in [5.41, 5.74) is 2.75. The Morgan fingerprint density at radius 1 is 0.950 bits per heavy atom. The van der Waals surface area contributed by atoms with Crippen molar-refractivity contribution in [3.8, 4) is 17.1 Å². The normalized spacial score (nSPS) is 11.8. The van der Waals surface area contributed by atoms with Crippen LogP contribution in [0.4, 0.5) is 0 Å². The van der Waals surface area contributed by atoms with Crippen LogP contribution in [0.2, 0.25) is 0 Å². The summed E-state index contributed by atoms with van der Waals surface area (Å²) in [6.45, 7) is 6.13. The lowest BCUT2D eigenvalue weighted by molar-refractivity contribution is 0.131. The molecule has 0 amide bonds. The average molecular weight is 266 g/mol. The Morgan fingerprint density at radius 3 is 2.40 bits per heavy atom. The molecular formula is C17H18N2O. The molecule has 1 N–H and O–H groups in total. The van der Waals surface area contributed by atoms with Crippen molar-refractivity contribution in [2.75, 3.05) is 0 Å². The van der Waals surface area contributed by atoms with Crippen LogP contribution in [0.25, 0.3) is 22.4 Å². The van der Waals surface area contributed by atoms with E-state index < -0.39 is 0 Å². The van der Waals surface area contributed by atoms with Crippen molar-refractivity contribution >= 4 is 11.0 Å². The van der Waals surface area contributed by atoms with Gasteiger partial charge in [-0.3, -0.25) is 0 Å². The van der Waals surface area contributed by atoms with Crippen molar-refractivity contribution in [3.05, 3.63) is 48.5 Å². The number of aromatic amines is 1. The highest BCUT2D eigenvalue weighted by Gasteiger charge is 2.16. The molecule has 0 radical (unpaired) electrons. The molecule has 3 aromatic rings. The van der Waals surface area contributed by atoms with Crippen molar-refractivity contribution in [2.45, 2.75) is 26.4 Å². The molecule has 0 saturated heterocycles. The Hall–Kier alpha value is -2.29. The van der Waals surface area contributed by atoms with Crippen LogP contribution in [-0.4, -0.2) is 15.6 Å². The first-order valence-corrected chi connectivity index (χ1v) is 6.76. The van der Waals surface area contributed by atoms with Crippen LogP contribution in [0.1, 0.15) is 20.8 Å². The van der Waals surface area contributed by atoms with Gasteiger partial charge in [-0.2, -0.15) is 0 Å². The standard InChI is InChI=1S/C17H18N2O/c1-17(2,3)20-15-11-7-4-8-12(15)16-18-13-9-5-6-10-14(13)19-16/h4-11H,1-3H3,(H,18,19). The van der Waals surface area contributed by atoms with Gasteiger partial charge in [-0.15, -0.1) is 0 Å². The van der Waals surface area contributed by atoms with Crippen LogP contribution >= 0.6 is 0 Å². The second-order valence-electron chi connectivity index (χ2n) is 5.81. The van der Waals surface area contributed by atoms with E-state index in [9.17, 15) is 0 Å². The molecule has 2 aromatic carbocycles. The van der Waals surface area contributed by atoms with Gasteiger partial charge in [0.25, 0.3) is 0 Å². The van der Waals surface area contributed by atoms with Crippen molar-refractivity contribution in [2.24, 2.45) is 0 Å². The van der Waals surface area contributed by atoms with Crippen molar-refractivity contribution < 1.29 is 4.74 Å². The SMILES string of the molecule is CC(C)(C)Oc1ccccc1-c1nc2ccccc2[nH]1. The summed E-state index contributed by atoms with van der Waals surface area (Å²) in [4.78, 5) is 7.98. The Balaban J connectivity index is 2.09. The molecule has 3 rings (SSSR count). The van der Waals surface area contributed by atoms with Gasteiger partial charge < -0.3 is 9.72 Å². The zero-order valence-corrected chi connectivity index (χ0v) is 12.0. The molecule has 0 aliphatic rings. The maximum absolute atomic E-state index is 6.02. The van der Waals surface area contributed by atoms with E-state index in [1.54, 1.807) is 0 Å². The van der Waals surface area contributed by atoms with E-state index in [-0.39, 0.29) is 5.60 Å². The van der Waals surface area contributed by atoms with Gasteiger partial charge in [0.2, 0.25) is 0 Å². The number of nitrogens with one attached hydrogen (secondary N) is 1. The van der Waals surface area contributed by atoms with Gasteiger partial charge in [-0.05, 0) is 45.0 Å². The first-order chi connectivity index (χ1) is 9.53. The maximum atomic E-state index is 6.02. The second-order valence-corrected chi connectivity index (χ2v) is 5.81. The molecule has 3 heteroatoms.